The molecule has 0 bridgehead atoms. The number of anilines is 1. The molecule has 2 aromatic carbocycles. The molecule has 2 rings (SSSR count). The van der Waals surface area contributed by atoms with Crippen LogP contribution in [0.2, 0.25) is 0 Å². The summed E-state index contributed by atoms with van der Waals surface area (Å²) in [6, 6.07) is 17.9. The summed E-state index contributed by atoms with van der Waals surface area (Å²) >= 11 is 1.61. The smallest absolute Gasteiger partial charge is 0.221 e. The molecule has 160 valence electrons. The van der Waals surface area contributed by atoms with Gasteiger partial charge in [-0.2, -0.15) is 0 Å². The predicted octanol–water partition coefficient (Wildman–Crippen LogP) is 8.41. The second-order valence-corrected chi connectivity index (χ2v) is 7.32. The lowest BCUT2D eigenvalue weighted by molar-refractivity contribution is -0.114. The minimum atomic E-state index is -0.0793. The van der Waals surface area contributed by atoms with Gasteiger partial charge in [0, 0.05) is 22.4 Å². The molecule has 0 saturated heterocycles. The normalized spacial score (nSPS) is 10.6. The zero-order chi connectivity index (χ0) is 22.9. The number of thioether (sulfide) groups is 1. The van der Waals surface area contributed by atoms with Crippen LogP contribution < -0.4 is 5.32 Å². The van der Waals surface area contributed by atoms with E-state index in [4.69, 9.17) is 0 Å². The topological polar surface area (TPSA) is 29.1 Å². The summed E-state index contributed by atoms with van der Waals surface area (Å²) < 4.78 is 0. The van der Waals surface area contributed by atoms with E-state index in [0.29, 0.717) is 0 Å². The maximum Gasteiger partial charge on any atom is 0.221 e. The Kier molecular flexibility index (Phi) is 14.6. The number of hydrogen-bond acceptors (Lipinski definition) is 2. The molecule has 1 amide bonds. The first-order chi connectivity index (χ1) is 14.4. The summed E-state index contributed by atoms with van der Waals surface area (Å²) in [6.45, 7) is 19.5. The highest BCUT2D eigenvalue weighted by atomic mass is 32.2. The lowest BCUT2D eigenvalue weighted by atomic mass is 10.2. The highest BCUT2D eigenvalue weighted by molar-refractivity contribution is 8.12. The monoisotopic (exact) mass is 421 g/mol. The Bertz CT molecular complexity index is 863. The van der Waals surface area contributed by atoms with Crippen molar-refractivity contribution >= 4 is 28.3 Å². The number of benzene rings is 2. The molecule has 1 N–H and O–H groups in total. The molecule has 0 aromatic heterocycles. The Balaban J connectivity index is 0.000000775. The van der Waals surface area contributed by atoms with Crippen molar-refractivity contribution in [2.24, 2.45) is 0 Å². The zero-order valence-electron chi connectivity index (χ0n) is 19.2. The van der Waals surface area contributed by atoms with Crippen molar-refractivity contribution in [2.45, 2.75) is 41.5 Å². The number of carbonyl (C=O) groups excluding carboxylic acids is 1. The van der Waals surface area contributed by atoms with Crippen LogP contribution in [0.1, 0.15) is 45.7 Å². The summed E-state index contributed by atoms with van der Waals surface area (Å²) in [7, 11) is 0. The first kappa shape index (κ1) is 27.2. The second-order valence-electron chi connectivity index (χ2n) is 6.18. The van der Waals surface area contributed by atoms with Crippen molar-refractivity contribution in [3.63, 3.8) is 0 Å². The minimum absolute atomic E-state index is 0.0793. The summed E-state index contributed by atoms with van der Waals surface area (Å²) in [5.41, 5.74) is 4.25. The third kappa shape index (κ3) is 11.3. The van der Waals surface area contributed by atoms with Crippen molar-refractivity contribution in [3.05, 3.63) is 108 Å². The number of carbonyl (C=O) groups is 1. The molecule has 0 fully saturated rings. The molecule has 2 aromatic rings. The average molecular weight is 422 g/mol. The van der Waals surface area contributed by atoms with Gasteiger partial charge in [0.15, 0.2) is 0 Å². The van der Waals surface area contributed by atoms with Crippen LogP contribution in [0, 0.1) is 6.92 Å². The Morgan fingerprint density at radius 2 is 1.67 bits per heavy atom. The van der Waals surface area contributed by atoms with E-state index in [1.165, 1.54) is 12.5 Å². The van der Waals surface area contributed by atoms with Gasteiger partial charge in [0.05, 0.1) is 0 Å². The van der Waals surface area contributed by atoms with Crippen LogP contribution in [-0.2, 0) is 4.79 Å². The zero-order valence-corrected chi connectivity index (χ0v) is 20.0. The number of hydrogen-bond donors (Lipinski definition) is 1. The fourth-order valence-corrected chi connectivity index (χ4v) is 3.18. The number of nitrogens with one attached hydrogen (secondary N) is 1. The number of allylic oxidation sites excluding steroid dienone is 4. The number of amides is 1. The Morgan fingerprint density at radius 3 is 2.13 bits per heavy atom. The van der Waals surface area contributed by atoms with Gasteiger partial charge in [0.25, 0.3) is 0 Å². The van der Waals surface area contributed by atoms with E-state index in [1.54, 1.807) is 17.8 Å². The van der Waals surface area contributed by atoms with Crippen molar-refractivity contribution < 1.29 is 4.79 Å². The van der Waals surface area contributed by atoms with Crippen molar-refractivity contribution in [1.29, 1.82) is 0 Å². The Morgan fingerprint density at radius 1 is 1.03 bits per heavy atom. The fraction of sp³-hybridized carbons (Fsp3) is 0.222. The SMILES string of the molecule is C=C/C=C(C)\C(=C/C)SC(=C)c1cccc(NC(C)=O)c1.CC.Cc1ccccc1. The third-order valence-electron chi connectivity index (χ3n) is 3.70. The maximum absolute atomic E-state index is 11.1. The van der Waals surface area contributed by atoms with Crippen LogP contribution in [-0.4, -0.2) is 5.91 Å². The second kappa shape index (κ2) is 16.1. The van der Waals surface area contributed by atoms with Gasteiger partial charge in [-0.15, -0.1) is 0 Å². The first-order valence-electron chi connectivity index (χ1n) is 10.1. The van der Waals surface area contributed by atoms with Crippen LogP contribution in [0.5, 0.6) is 0 Å². The molecule has 0 aliphatic rings. The minimum Gasteiger partial charge on any atom is -0.326 e. The molecule has 0 atom stereocenters. The molecule has 2 nitrogen and oxygen atoms in total. The maximum atomic E-state index is 11.1. The van der Waals surface area contributed by atoms with Gasteiger partial charge < -0.3 is 5.32 Å². The number of rotatable bonds is 6. The van der Waals surface area contributed by atoms with E-state index in [9.17, 15) is 4.79 Å². The van der Waals surface area contributed by atoms with Crippen LogP contribution >= 0.6 is 11.8 Å². The molecule has 0 unspecified atom stereocenters. The van der Waals surface area contributed by atoms with Gasteiger partial charge in [-0.25, -0.2) is 0 Å². The van der Waals surface area contributed by atoms with Crippen molar-refractivity contribution in [1.82, 2.24) is 0 Å². The summed E-state index contributed by atoms with van der Waals surface area (Å²) in [5, 5.41) is 2.78. The van der Waals surface area contributed by atoms with Gasteiger partial charge in [-0.3, -0.25) is 4.79 Å². The quantitative estimate of drug-likeness (QED) is 0.474. The van der Waals surface area contributed by atoms with Crippen LogP contribution in [0.3, 0.4) is 0 Å². The van der Waals surface area contributed by atoms with E-state index in [-0.39, 0.29) is 5.91 Å². The molecular weight excluding hydrogens is 386 g/mol. The Hall–Kier alpha value is -2.78. The van der Waals surface area contributed by atoms with E-state index < -0.39 is 0 Å². The largest absolute Gasteiger partial charge is 0.326 e. The Labute approximate surface area is 187 Å². The van der Waals surface area contributed by atoms with E-state index in [2.05, 4.69) is 43.6 Å². The van der Waals surface area contributed by atoms with Crippen LogP contribution in [0.25, 0.3) is 4.91 Å². The molecule has 0 aliphatic heterocycles. The summed E-state index contributed by atoms with van der Waals surface area (Å²) in [4.78, 5) is 13.2. The van der Waals surface area contributed by atoms with E-state index in [1.807, 2.05) is 76.2 Å². The summed E-state index contributed by atoms with van der Waals surface area (Å²) in [6.07, 6.45) is 5.81. The highest BCUT2D eigenvalue weighted by Crippen LogP contribution is 2.36. The van der Waals surface area contributed by atoms with E-state index in [0.717, 1.165) is 26.6 Å². The van der Waals surface area contributed by atoms with Crippen LogP contribution in [0.4, 0.5) is 5.69 Å². The lowest BCUT2D eigenvalue weighted by Gasteiger charge is -2.11. The molecular formula is C27H35NOS. The predicted molar refractivity (Wildman–Crippen MR) is 138 cm³/mol. The summed E-state index contributed by atoms with van der Waals surface area (Å²) in [5.74, 6) is -0.0793. The van der Waals surface area contributed by atoms with Gasteiger partial charge in [-0.1, -0.05) is 105 Å². The van der Waals surface area contributed by atoms with Gasteiger partial charge in [0.1, 0.15) is 0 Å². The molecule has 0 radical (unpaired) electrons. The molecule has 0 heterocycles. The van der Waals surface area contributed by atoms with Gasteiger partial charge in [0.2, 0.25) is 5.91 Å². The number of aryl methyl sites for hydroxylation is 1. The molecule has 30 heavy (non-hydrogen) atoms. The van der Waals surface area contributed by atoms with Gasteiger partial charge in [-0.05, 0) is 44.0 Å². The van der Waals surface area contributed by atoms with Crippen molar-refractivity contribution in [2.75, 3.05) is 5.32 Å². The fourth-order valence-electron chi connectivity index (χ4n) is 2.33. The average Bonchev–Trinajstić information content (AvgIpc) is 2.74. The van der Waals surface area contributed by atoms with Crippen molar-refractivity contribution in [3.8, 4) is 0 Å². The first-order valence-corrected chi connectivity index (χ1v) is 10.9. The van der Waals surface area contributed by atoms with Crippen LogP contribution in [0.15, 0.2) is 96.5 Å². The molecule has 0 spiro atoms. The lowest BCUT2D eigenvalue weighted by Crippen LogP contribution is -2.05. The van der Waals surface area contributed by atoms with E-state index >= 15 is 0 Å². The molecule has 3 heteroatoms. The highest BCUT2D eigenvalue weighted by Gasteiger charge is 2.06. The standard InChI is InChI=1S/C18H21NOS.C7H8.C2H6/c1-6-9-13(3)18(7-2)21-14(4)16-10-8-11-17(12-16)19-15(5)20;1-7-5-3-2-4-6-7;1-2/h6-12H,1,4H2,2-3,5H3,(H,19,20);2-6H,1H3;1-2H3/b13-9-,18-7+;;. The molecule has 0 aliphatic carbocycles. The molecule has 0 saturated carbocycles. The van der Waals surface area contributed by atoms with Gasteiger partial charge >= 0.3 is 0 Å². The third-order valence-corrected chi connectivity index (χ3v) is 4.96.